The third-order valence-corrected chi connectivity index (χ3v) is 6.98. The van der Waals surface area contributed by atoms with E-state index in [2.05, 4.69) is 54.3 Å². The van der Waals surface area contributed by atoms with E-state index < -0.39 is 11.9 Å². The van der Waals surface area contributed by atoms with Crippen molar-refractivity contribution in [3.8, 4) is 0 Å². The van der Waals surface area contributed by atoms with Gasteiger partial charge in [-0.2, -0.15) is 0 Å². The summed E-state index contributed by atoms with van der Waals surface area (Å²) in [7, 11) is 0. The number of carboxylic acid groups (broad SMARTS) is 2. The molecule has 0 radical (unpaired) electrons. The number of benzene rings is 1. The minimum absolute atomic E-state index is 0.853. The van der Waals surface area contributed by atoms with Crippen molar-refractivity contribution in [2.45, 2.75) is 45.2 Å². The van der Waals surface area contributed by atoms with E-state index in [0.29, 0.717) is 0 Å². The van der Waals surface area contributed by atoms with Crippen LogP contribution in [0.2, 0.25) is 0 Å². The van der Waals surface area contributed by atoms with Gasteiger partial charge in [-0.1, -0.05) is 42.5 Å². The zero-order valence-electron chi connectivity index (χ0n) is 17.8. The monoisotopic (exact) mass is 414 g/mol. The van der Waals surface area contributed by atoms with Crippen LogP contribution in [0.4, 0.5) is 0 Å². The standard InChI is InChI=1S/C22H32N2.C2H2O4/c1-2-24(16-18-6-4-3-5-7-18)22-10-12-23(13-11-22)17-21-15-19-8-9-20(21)14-19;3-1(4)2(5)6/h3-9,19-22H,2,10-17H2,1H3;(H,3,4)(H,5,6). The number of hydrogen-bond acceptors (Lipinski definition) is 4. The van der Waals surface area contributed by atoms with Crippen LogP contribution in [0.5, 0.6) is 0 Å². The maximum atomic E-state index is 9.04. The number of likely N-dealkylation sites (tertiary alicyclic amines) is 1. The third kappa shape index (κ3) is 6.16. The van der Waals surface area contributed by atoms with Gasteiger partial charge < -0.3 is 24.8 Å². The van der Waals surface area contributed by atoms with Gasteiger partial charge in [-0.3, -0.25) is 0 Å². The molecule has 30 heavy (non-hydrogen) atoms. The van der Waals surface area contributed by atoms with Gasteiger partial charge in [0, 0.05) is 38.0 Å². The number of carbonyl (C=O) groups is 2. The van der Waals surface area contributed by atoms with E-state index in [4.69, 9.17) is 19.8 Å². The summed E-state index contributed by atoms with van der Waals surface area (Å²) in [4.78, 5) is 22.6. The number of nitrogens with zero attached hydrogens (tertiary/aromatic N) is 1. The summed E-state index contributed by atoms with van der Waals surface area (Å²) >= 11 is 0. The first-order chi connectivity index (χ1) is 14.5. The smallest absolute Gasteiger partial charge is 0.351 e. The van der Waals surface area contributed by atoms with Gasteiger partial charge in [-0.05, 0) is 37.5 Å². The minimum atomic E-state index is -2.07. The number of fused-ring (bicyclic) bond motifs is 2. The molecule has 2 N–H and O–H groups in total. The van der Waals surface area contributed by atoms with E-state index >= 15 is 0 Å². The number of aliphatic carboxylic acids is 2. The molecule has 1 aromatic rings. The van der Waals surface area contributed by atoms with Crippen molar-refractivity contribution < 1.29 is 24.7 Å². The van der Waals surface area contributed by atoms with Gasteiger partial charge in [0.2, 0.25) is 0 Å². The molecule has 1 saturated carbocycles. The molecule has 2 aliphatic carbocycles. The molecule has 0 amide bonds. The quantitative estimate of drug-likeness (QED) is 0.526. The highest BCUT2D eigenvalue weighted by molar-refractivity contribution is 6.26. The van der Waals surface area contributed by atoms with Crippen molar-refractivity contribution in [2.24, 2.45) is 17.8 Å². The fraction of sp³-hybridized carbons (Fsp3) is 0.583. The summed E-state index contributed by atoms with van der Waals surface area (Å²) in [5.41, 5.74) is 1.49. The Kier molecular flexibility index (Phi) is 8.05. The Bertz CT molecular complexity index is 716. The van der Waals surface area contributed by atoms with Gasteiger partial charge in [0.1, 0.15) is 6.54 Å². The molecule has 4 unspecified atom stereocenters. The van der Waals surface area contributed by atoms with Crippen LogP contribution in [0.1, 0.15) is 38.2 Å². The minimum Gasteiger partial charge on any atom is -0.539 e. The number of rotatable bonds is 6. The molecule has 6 nitrogen and oxygen atoms in total. The summed E-state index contributed by atoms with van der Waals surface area (Å²) < 4.78 is 0. The molecule has 2 fully saturated rings. The van der Waals surface area contributed by atoms with Crippen LogP contribution in [-0.2, 0) is 16.1 Å². The summed E-state index contributed by atoms with van der Waals surface area (Å²) in [6.45, 7) is 8.79. The number of allylic oxidation sites excluding steroid dienone is 2. The number of carbonyl (C=O) groups excluding carboxylic acids is 1. The zero-order chi connectivity index (χ0) is 21.5. The van der Waals surface area contributed by atoms with Crippen LogP contribution >= 0.6 is 0 Å². The van der Waals surface area contributed by atoms with E-state index in [9.17, 15) is 0 Å². The van der Waals surface area contributed by atoms with Crippen LogP contribution in [0, 0.1) is 17.8 Å². The van der Waals surface area contributed by atoms with Crippen molar-refractivity contribution in [1.29, 1.82) is 0 Å². The van der Waals surface area contributed by atoms with Crippen LogP contribution < -0.4 is 10.0 Å². The average Bonchev–Trinajstić information content (AvgIpc) is 3.37. The molecular weight excluding hydrogens is 380 g/mol. The number of carboxylic acids is 2. The highest BCUT2D eigenvalue weighted by Gasteiger charge is 2.37. The summed E-state index contributed by atoms with van der Waals surface area (Å²) in [6, 6.07) is 11.9. The summed E-state index contributed by atoms with van der Waals surface area (Å²) in [6.07, 6.45) is 10.7. The summed E-state index contributed by atoms with van der Waals surface area (Å²) in [5, 5.41) is 16.3. The molecule has 2 bridgehead atoms. The predicted molar refractivity (Wildman–Crippen MR) is 113 cm³/mol. The maximum Gasteiger partial charge on any atom is 0.351 e. The van der Waals surface area contributed by atoms with Crippen LogP contribution in [0.3, 0.4) is 0 Å². The van der Waals surface area contributed by atoms with E-state index in [1.165, 1.54) is 64.0 Å². The Morgan fingerprint density at radius 3 is 2.30 bits per heavy atom. The second-order valence-corrected chi connectivity index (χ2v) is 8.88. The maximum absolute atomic E-state index is 9.04. The summed E-state index contributed by atoms with van der Waals surface area (Å²) in [5.74, 6) is -1.23. The van der Waals surface area contributed by atoms with E-state index in [1.807, 2.05) is 0 Å². The Balaban J connectivity index is 0.000000377. The fourth-order valence-corrected chi connectivity index (χ4v) is 5.38. The molecular formula is C24H34N2O4. The number of quaternary nitrogens is 1. The van der Waals surface area contributed by atoms with Crippen molar-refractivity contribution in [3.05, 3.63) is 48.0 Å². The molecule has 1 aliphatic heterocycles. The van der Waals surface area contributed by atoms with Gasteiger partial charge in [-0.15, -0.1) is 0 Å². The molecule has 0 aromatic heterocycles. The number of nitrogens with one attached hydrogen (secondary N) is 1. The highest BCUT2D eigenvalue weighted by atomic mass is 16.4. The van der Waals surface area contributed by atoms with Gasteiger partial charge in [-0.25, -0.2) is 4.79 Å². The Hall–Kier alpha value is -2.18. The molecule has 1 aromatic carbocycles. The molecule has 1 saturated heterocycles. The van der Waals surface area contributed by atoms with E-state index in [0.717, 1.165) is 23.8 Å². The van der Waals surface area contributed by atoms with Crippen molar-refractivity contribution in [2.75, 3.05) is 26.2 Å². The lowest BCUT2D eigenvalue weighted by atomic mass is 9.92. The first kappa shape index (κ1) is 22.5. The SMILES string of the molecule is CC[NH+](Cc1ccccc1)C1CCN(CC2CC3C=CC2C3)CC1.O=C([O-])C(=O)O. The lowest BCUT2D eigenvalue weighted by Crippen LogP contribution is -3.14. The topological polar surface area (TPSA) is 85.1 Å². The van der Waals surface area contributed by atoms with Crippen molar-refractivity contribution >= 4 is 11.9 Å². The molecule has 4 atom stereocenters. The fourth-order valence-electron chi connectivity index (χ4n) is 5.38. The second kappa shape index (κ2) is 10.7. The third-order valence-electron chi connectivity index (χ3n) is 6.98. The second-order valence-electron chi connectivity index (χ2n) is 8.88. The lowest BCUT2D eigenvalue weighted by molar-refractivity contribution is -0.938. The molecule has 4 rings (SSSR count). The Morgan fingerprint density at radius 1 is 1.13 bits per heavy atom. The zero-order valence-corrected chi connectivity index (χ0v) is 17.8. The van der Waals surface area contributed by atoms with Crippen molar-refractivity contribution in [1.82, 2.24) is 4.90 Å². The van der Waals surface area contributed by atoms with Crippen LogP contribution in [-0.4, -0.2) is 54.2 Å². The largest absolute Gasteiger partial charge is 0.539 e. The van der Waals surface area contributed by atoms with Gasteiger partial charge >= 0.3 is 5.97 Å². The first-order valence-electron chi connectivity index (χ1n) is 11.2. The Labute approximate surface area is 179 Å². The lowest BCUT2D eigenvalue weighted by Gasteiger charge is -2.37. The molecule has 1 heterocycles. The Morgan fingerprint density at radius 2 is 1.80 bits per heavy atom. The van der Waals surface area contributed by atoms with Crippen LogP contribution in [0.25, 0.3) is 0 Å². The van der Waals surface area contributed by atoms with E-state index in [-0.39, 0.29) is 0 Å². The highest BCUT2D eigenvalue weighted by Crippen LogP contribution is 2.43. The van der Waals surface area contributed by atoms with Crippen molar-refractivity contribution in [3.63, 3.8) is 0 Å². The van der Waals surface area contributed by atoms with Gasteiger partial charge in [0.15, 0.2) is 5.97 Å². The molecule has 6 heteroatoms. The average molecular weight is 415 g/mol. The normalized spacial score (nSPS) is 26.8. The predicted octanol–water partition coefficient (Wildman–Crippen LogP) is 0.589. The van der Waals surface area contributed by atoms with Gasteiger partial charge in [0.25, 0.3) is 0 Å². The molecule has 0 spiro atoms. The molecule has 3 aliphatic rings. The first-order valence-corrected chi connectivity index (χ1v) is 11.2. The number of piperidine rings is 1. The van der Waals surface area contributed by atoms with Gasteiger partial charge in [0.05, 0.1) is 12.6 Å². The number of hydrogen-bond donors (Lipinski definition) is 2. The van der Waals surface area contributed by atoms with Crippen LogP contribution in [0.15, 0.2) is 42.5 Å². The molecule has 164 valence electrons. The van der Waals surface area contributed by atoms with E-state index in [1.54, 1.807) is 4.90 Å².